The molecule has 0 spiro atoms. The Bertz CT molecular complexity index is 982. The number of piperazine rings is 1. The second-order valence-corrected chi connectivity index (χ2v) is 7.98. The van der Waals surface area contributed by atoms with E-state index in [2.05, 4.69) is 4.90 Å². The topological polar surface area (TPSA) is 76.1 Å². The number of hydrogen-bond donors (Lipinski definition) is 2. The van der Waals surface area contributed by atoms with Gasteiger partial charge in [-0.15, -0.1) is 0 Å². The molecule has 1 atom stereocenters. The lowest BCUT2D eigenvalue weighted by molar-refractivity contribution is -0.137. The Morgan fingerprint density at radius 1 is 1.15 bits per heavy atom. The first-order chi connectivity index (χ1) is 15.6. The van der Waals surface area contributed by atoms with Crippen molar-refractivity contribution in [1.82, 2.24) is 15.3 Å². The highest BCUT2D eigenvalue weighted by Gasteiger charge is 2.33. The van der Waals surface area contributed by atoms with Gasteiger partial charge in [0.1, 0.15) is 0 Å². The number of carbonyl (C=O) groups excluding carboxylic acids is 2. The second-order valence-electron chi connectivity index (χ2n) is 7.98. The fourth-order valence-corrected chi connectivity index (χ4v) is 3.94. The average molecular weight is 464 g/mol. The van der Waals surface area contributed by atoms with E-state index in [1.807, 2.05) is 13.8 Å². The summed E-state index contributed by atoms with van der Waals surface area (Å²) >= 11 is 0. The smallest absolute Gasteiger partial charge is 0.322 e. The van der Waals surface area contributed by atoms with Crippen molar-refractivity contribution in [1.29, 1.82) is 0 Å². The number of nitrogens with one attached hydrogen (secondary N) is 1. The molecule has 1 fully saturated rings. The van der Waals surface area contributed by atoms with Gasteiger partial charge in [0.15, 0.2) is 0 Å². The third-order valence-electron chi connectivity index (χ3n) is 5.82. The molecule has 0 saturated carbocycles. The number of benzene rings is 2. The predicted octanol–water partition coefficient (Wildman–Crippen LogP) is 3.98. The van der Waals surface area contributed by atoms with Gasteiger partial charge in [-0.05, 0) is 49.4 Å². The molecule has 7 nitrogen and oxygen atoms in total. The Morgan fingerprint density at radius 2 is 1.85 bits per heavy atom. The normalized spacial score (nSPS) is 17.0. The van der Waals surface area contributed by atoms with E-state index in [9.17, 15) is 22.8 Å². The van der Waals surface area contributed by atoms with E-state index in [1.165, 1.54) is 29.2 Å². The van der Waals surface area contributed by atoms with Gasteiger partial charge in [0, 0.05) is 36.9 Å². The lowest BCUT2D eigenvalue weighted by Crippen LogP contribution is -2.56. The second kappa shape index (κ2) is 10.2. The van der Waals surface area contributed by atoms with Gasteiger partial charge in [0.25, 0.3) is 5.91 Å². The Kier molecular flexibility index (Phi) is 7.60. The van der Waals surface area contributed by atoms with E-state index in [0.29, 0.717) is 25.2 Å². The van der Waals surface area contributed by atoms with Gasteiger partial charge >= 0.3 is 12.2 Å². The van der Waals surface area contributed by atoms with Crippen molar-refractivity contribution >= 4 is 17.6 Å². The average Bonchev–Trinajstić information content (AvgIpc) is 2.81. The molecule has 33 heavy (non-hydrogen) atoms. The minimum absolute atomic E-state index is 0.0174. The molecule has 2 aromatic rings. The lowest BCUT2D eigenvalue weighted by Gasteiger charge is -2.41. The maximum Gasteiger partial charge on any atom is 0.416 e. The fraction of sp³-hybridized carbons (Fsp3) is 0.391. The van der Waals surface area contributed by atoms with Gasteiger partial charge in [-0.2, -0.15) is 13.2 Å². The molecule has 1 aliphatic heterocycles. The number of halogens is 3. The molecule has 0 aromatic heterocycles. The summed E-state index contributed by atoms with van der Waals surface area (Å²) in [7, 11) is 0. The third kappa shape index (κ3) is 5.82. The highest BCUT2D eigenvalue weighted by atomic mass is 19.4. The van der Waals surface area contributed by atoms with Crippen LogP contribution in [0.15, 0.2) is 48.5 Å². The van der Waals surface area contributed by atoms with E-state index in [-0.39, 0.29) is 29.9 Å². The number of rotatable bonds is 5. The number of nitrogens with zero attached hydrogens (tertiary/aromatic N) is 3. The van der Waals surface area contributed by atoms with Gasteiger partial charge in [0.05, 0.1) is 12.1 Å². The molecule has 0 aliphatic carbocycles. The number of carbonyl (C=O) groups is 2. The molecule has 1 heterocycles. The number of likely N-dealkylation sites (N-methyl/N-ethyl adjacent to an activating group) is 1. The Balaban J connectivity index is 1.91. The zero-order valence-electron chi connectivity index (χ0n) is 18.5. The molecule has 1 aliphatic rings. The van der Waals surface area contributed by atoms with E-state index in [0.717, 1.165) is 18.7 Å². The third-order valence-corrected chi connectivity index (χ3v) is 5.82. The van der Waals surface area contributed by atoms with Crippen LogP contribution in [0.3, 0.4) is 0 Å². The summed E-state index contributed by atoms with van der Waals surface area (Å²) < 4.78 is 40.0. The number of hydroxylamine groups is 1. The van der Waals surface area contributed by atoms with Gasteiger partial charge in [-0.25, -0.2) is 10.3 Å². The minimum atomic E-state index is -4.54. The standard InChI is InChI=1S/C23H27F3N4O3/c1-3-28-11-12-29(14-16(28)2)22(32)30(20-6-4-5-19(13-20)23(24,25)26)15-17-7-9-18(10-8-17)21(31)27-33/h4-10,13,16,33H,3,11-12,14-15H2,1-2H3,(H,27,31). The molecule has 178 valence electrons. The molecule has 1 saturated heterocycles. The summed E-state index contributed by atoms with van der Waals surface area (Å²) in [4.78, 5) is 30.3. The summed E-state index contributed by atoms with van der Waals surface area (Å²) in [5.74, 6) is -0.685. The van der Waals surface area contributed by atoms with Gasteiger partial charge in [-0.3, -0.25) is 19.8 Å². The first-order valence-electron chi connectivity index (χ1n) is 10.6. The highest BCUT2D eigenvalue weighted by molar-refractivity contribution is 5.94. The van der Waals surface area contributed by atoms with Crippen molar-refractivity contribution in [2.75, 3.05) is 31.1 Å². The van der Waals surface area contributed by atoms with Crippen LogP contribution in [0, 0.1) is 0 Å². The van der Waals surface area contributed by atoms with Crippen LogP contribution in [0.4, 0.5) is 23.7 Å². The van der Waals surface area contributed by atoms with E-state index >= 15 is 0 Å². The lowest BCUT2D eigenvalue weighted by atomic mass is 10.1. The van der Waals surface area contributed by atoms with Crippen LogP contribution in [-0.2, 0) is 12.7 Å². The molecule has 2 N–H and O–H groups in total. The summed E-state index contributed by atoms with van der Waals surface area (Å²) in [5, 5.41) is 8.76. The summed E-state index contributed by atoms with van der Waals surface area (Å²) in [6.45, 7) is 6.56. The summed E-state index contributed by atoms with van der Waals surface area (Å²) in [5.41, 5.74) is 1.67. The molecular weight excluding hydrogens is 437 g/mol. The SMILES string of the molecule is CCN1CCN(C(=O)N(Cc2ccc(C(=O)NO)cc2)c2cccc(C(F)(F)F)c2)CC1C. The van der Waals surface area contributed by atoms with Gasteiger partial charge in [0.2, 0.25) is 0 Å². The number of amides is 3. The summed E-state index contributed by atoms with van der Waals surface area (Å²) in [6, 6.07) is 10.6. The van der Waals surface area contributed by atoms with Crippen molar-refractivity contribution in [3.8, 4) is 0 Å². The van der Waals surface area contributed by atoms with E-state index in [4.69, 9.17) is 5.21 Å². The van der Waals surface area contributed by atoms with Crippen molar-refractivity contribution in [2.45, 2.75) is 32.6 Å². The fourth-order valence-electron chi connectivity index (χ4n) is 3.94. The molecule has 3 amide bonds. The van der Waals surface area contributed by atoms with Crippen LogP contribution in [0.1, 0.15) is 35.3 Å². The Morgan fingerprint density at radius 3 is 2.42 bits per heavy atom. The number of urea groups is 1. The quantitative estimate of drug-likeness (QED) is 0.519. The number of hydrogen-bond acceptors (Lipinski definition) is 4. The van der Waals surface area contributed by atoms with Crippen LogP contribution in [0.2, 0.25) is 0 Å². The molecular formula is C23H27F3N4O3. The maximum absolute atomic E-state index is 13.5. The zero-order valence-corrected chi connectivity index (χ0v) is 18.5. The maximum atomic E-state index is 13.5. The van der Waals surface area contributed by atoms with Crippen LogP contribution in [0.25, 0.3) is 0 Å². The Labute approximate surface area is 190 Å². The summed E-state index contributed by atoms with van der Waals surface area (Å²) in [6.07, 6.45) is -4.54. The molecule has 0 bridgehead atoms. The molecule has 2 aromatic carbocycles. The van der Waals surface area contributed by atoms with Crippen LogP contribution < -0.4 is 10.4 Å². The molecule has 3 rings (SSSR count). The van der Waals surface area contributed by atoms with Crippen molar-refractivity contribution in [3.05, 3.63) is 65.2 Å². The van der Waals surface area contributed by atoms with Crippen LogP contribution >= 0.6 is 0 Å². The van der Waals surface area contributed by atoms with Crippen molar-refractivity contribution < 1.29 is 28.0 Å². The zero-order chi connectivity index (χ0) is 24.2. The minimum Gasteiger partial charge on any atom is -0.322 e. The van der Waals surface area contributed by atoms with Gasteiger partial charge < -0.3 is 4.90 Å². The molecule has 1 unspecified atom stereocenters. The van der Waals surface area contributed by atoms with Gasteiger partial charge in [-0.1, -0.05) is 25.1 Å². The molecule has 0 radical (unpaired) electrons. The van der Waals surface area contributed by atoms with E-state index < -0.39 is 17.6 Å². The monoisotopic (exact) mass is 464 g/mol. The van der Waals surface area contributed by atoms with Crippen molar-refractivity contribution in [2.24, 2.45) is 0 Å². The number of alkyl halides is 3. The van der Waals surface area contributed by atoms with Crippen LogP contribution in [0.5, 0.6) is 0 Å². The highest BCUT2D eigenvalue weighted by Crippen LogP contribution is 2.32. The first kappa shape index (κ1) is 24.5. The van der Waals surface area contributed by atoms with E-state index in [1.54, 1.807) is 22.5 Å². The van der Waals surface area contributed by atoms with Crippen LogP contribution in [-0.4, -0.2) is 59.2 Å². The van der Waals surface area contributed by atoms with Crippen molar-refractivity contribution in [3.63, 3.8) is 0 Å². The predicted molar refractivity (Wildman–Crippen MR) is 117 cm³/mol. The molecule has 10 heteroatoms. The largest absolute Gasteiger partial charge is 0.416 e. The first-order valence-corrected chi connectivity index (χ1v) is 10.6. The Hall–Kier alpha value is -3.11. The number of anilines is 1.